The van der Waals surface area contributed by atoms with Gasteiger partial charge < -0.3 is 19.7 Å². The van der Waals surface area contributed by atoms with E-state index < -0.39 is 23.8 Å². The Hall–Kier alpha value is -1.17. The number of hydrogen-bond acceptors (Lipinski definition) is 5. The predicted molar refractivity (Wildman–Crippen MR) is 93.8 cm³/mol. The molecule has 0 bridgehead atoms. The van der Waals surface area contributed by atoms with Crippen molar-refractivity contribution in [3.05, 3.63) is 24.3 Å². The van der Waals surface area contributed by atoms with E-state index >= 15 is 0 Å². The summed E-state index contributed by atoms with van der Waals surface area (Å²) in [7, 11) is 0. The highest BCUT2D eigenvalue weighted by atomic mass is 16.6. The van der Waals surface area contributed by atoms with Gasteiger partial charge in [0.1, 0.15) is 6.10 Å². The van der Waals surface area contributed by atoms with E-state index in [0.29, 0.717) is 24.8 Å². The molecular weight excluding hydrogens is 320 g/mol. The molecule has 2 fully saturated rings. The van der Waals surface area contributed by atoms with E-state index in [-0.39, 0.29) is 23.5 Å². The first-order valence-corrected chi connectivity index (χ1v) is 9.29. The fourth-order valence-corrected chi connectivity index (χ4v) is 4.12. The summed E-state index contributed by atoms with van der Waals surface area (Å²) in [4.78, 5) is 12.0. The summed E-state index contributed by atoms with van der Waals surface area (Å²) in [6, 6.07) is 0. The summed E-state index contributed by atoms with van der Waals surface area (Å²) >= 11 is 0. The van der Waals surface area contributed by atoms with Crippen LogP contribution in [0.3, 0.4) is 0 Å². The van der Waals surface area contributed by atoms with E-state index in [1.54, 1.807) is 0 Å². The Morgan fingerprint density at radius 3 is 2.80 bits per heavy atom. The van der Waals surface area contributed by atoms with Gasteiger partial charge in [-0.3, -0.25) is 0 Å². The van der Waals surface area contributed by atoms with Crippen molar-refractivity contribution >= 4 is 5.97 Å². The van der Waals surface area contributed by atoms with Crippen molar-refractivity contribution in [3.8, 4) is 0 Å². The highest BCUT2D eigenvalue weighted by Gasteiger charge is 2.55. The van der Waals surface area contributed by atoms with E-state index in [9.17, 15) is 15.0 Å². The molecule has 0 amide bonds. The Morgan fingerprint density at radius 1 is 1.36 bits per heavy atom. The van der Waals surface area contributed by atoms with Gasteiger partial charge in [-0.15, -0.1) is 0 Å². The molecule has 140 valence electrons. The van der Waals surface area contributed by atoms with Gasteiger partial charge in [0, 0.05) is 11.5 Å². The maximum atomic E-state index is 12.0. The van der Waals surface area contributed by atoms with Gasteiger partial charge in [-0.2, -0.15) is 0 Å². The molecule has 5 heteroatoms. The van der Waals surface area contributed by atoms with E-state index in [1.165, 1.54) is 0 Å². The molecule has 0 aromatic carbocycles. The fraction of sp³-hybridized carbons (Fsp3) is 0.750. The molecule has 0 spiro atoms. The lowest BCUT2D eigenvalue weighted by Crippen LogP contribution is -2.37. The minimum Gasteiger partial charge on any atom is -0.456 e. The van der Waals surface area contributed by atoms with Gasteiger partial charge in [-0.05, 0) is 51.9 Å². The molecule has 1 unspecified atom stereocenters. The lowest BCUT2D eigenvalue weighted by atomic mass is 9.81. The minimum atomic E-state index is -0.855. The first kappa shape index (κ1) is 18.6. The van der Waals surface area contributed by atoms with Crippen LogP contribution in [0.2, 0.25) is 0 Å². The van der Waals surface area contributed by atoms with Gasteiger partial charge in [-0.25, -0.2) is 4.79 Å². The number of hydrogen-bond donors (Lipinski definition) is 2. The third-order valence-corrected chi connectivity index (χ3v) is 6.11. The van der Waals surface area contributed by atoms with Crippen LogP contribution in [0.5, 0.6) is 0 Å². The summed E-state index contributed by atoms with van der Waals surface area (Å²) in [5, 5.41) is 21.2. The number of aliphatic hydroxyl groups is 2. The lowest BCUT2D eigenvalue weighted by Gasteiger charge is -2.28. The summed E-state index contributed by atoms with van der Waals surface area (Å²) in [5.74, 6) is -0.636. The van der Waals surface area contributed by atoms with Crippen LogP contribution >= 0.6 is 0 Å². The largest absolute Gasteiger partial charge is 0.456 e. The smallest absolute Gasteiger partial charge is 0.334 e. The molecule has 0 aromatic heterocycles. The molecule has 5 nitrogen and oxygen atoms in total. The van der Waals surface area contributed by atoms with Crippen LogP contribution in [0, 0.1) is 11.8 Å². The second-order valence-corrected chi connectivity index (χ2v) is 8.48. The van der Waals surface area contributed by atoms with Crippen molar-refractivity contribution in [1.82, 2.24) is 0 Å². The number of rotatable bonds is 0. The lowest BCUT2D eigenvalue weighted by molar-refractivity contribution is -0.146. The molecule has 0 radical (unpaired) electrons. The summed E-state index contributed by atoms with van der Waals surface area (Å²) in [5.41, 5.74) is -0.699. The number of aliphatic hydroxyl groups excluding tert-OH is 1. The van der Waals surface area contributed by atoms with Crippen LogP contribution in [0.25, 0.3) is 0 Å². The first-order valence-electron chi connectivity index (χ1n) is 9.29. The number of carbonyl (C=O) groups excluding carboxylic acids is 1. The van der Waals surface area contributed by atoms with Crippen molar-refractivity contribution in [2.24, 2.45) is 11.8 Å². The molecule has 2 N–H and O–H groups in total. The minimum absolute atomic E-state index is 0.00583. The molecule has 3 aliphatic rings. The highest BCUT2D eigenvalue weighted by Crippen LogP contribution is 2.47. The third-order valence-electron chi connectivity index (χ3n) is 6.11. The molecule has 3 rings (SSSR count). The molecular formula is C20H30O5. The first-order chi connectivity index (χ1) is 11.6. The number of ether oxygens (including phenoxy) is 2. The normalized spacial score (nSPS) is 49.6. The van der Waals surface area contributed by atoms with Crippen LogP contribution in [0.15, 0.2) is 24.3 Å². The van der Waals surface area contributed by atoms with Gasteiger partial charge >= 0.3 is 5.97 Å². The SMILES string of the molecule is C=C1C(=O)O[C@H]2[C@@H](O)[C@H](C)CCCC(C)(O)/C=C\C[C@@]3(C)O[C@@H]3C[C@@H]12. The Morgan fingerprint density at radius 2 is 2.08 bits per heavy atom. The van der Waals surface area contributed by atoms with Crippen molar-refractivity contribution in [2.75, 3.05) is 0 Å². The zero-order chi connectivity index (χ0) is 18.4. The predicted octanol–water partition coefficient (Wildman–Crippen LogP) is 2.51. The van der Waals surface area contributed by atoms with E-state index in [2.05, 4.69) is 6.58 Å². The van der Waals surface area contributed by atoms with Gasteiger partial charge in [0.25, 0.3) is 0 Å². The maximum Gasteiger partial charge on any atom is 0.334 e. The topological polar surface area (TPSA) is 79.3 Å². The zero-order valence-corrected chi connectivity index (χ0v) is 15.4. The second kappa shape index (κ2) is 6.53. The van der Waals surface area contributed by atoms with Crippen LogP contribution in [-0.2, 0) is 14.3 Å². The third kappa shape index (κ3) is 3.83. The van der Waals surface area contributed by atoms with Gasteiger partial charge in [-0.1, -0.05) is 25.7 Å². The summed E-state index contributed by atoms with van der Waals surface area (Å²) < 4.78 is 11.3. The fourth-order valence-electron chi connectivity index (χ4n) is 4.12. The second-order valence-electron chi connectivity index (χ2n) is 8.48. The summed E-state index contributed by atoms with van der Waals surface area (Å²) in [6.07, 6.45) is 6.08. The monoisotopic (exact) mass is 350 g/mol. The average Bonchev–Trinajstić information content (AvgIpc) is 3.07. The van der Waals surface area contributed by atoms with E-state index in [0.717, 1.165) is 12.8 Å². The Labute approximate surface area is 149 Å². The molecule has 2 aliphatic heterocycles. The molecule has 7 atom stereocenters. The number of carbonyl (C=O) groups is 1. The Bertz CT molecular complexity index is 581. The van der Waals surface area contributed by atoms with Crippen LogP contribution in [0.1, 0.15) is 52.9 Å². The van der Waals surface area contributed by atoms with Crippen LogP contribution < -0.4 is 0 Å². The molecule has 2 saturated heterocycles. The Balaban J connectivity index is 1.82. The molecule has 2 heterocycles. The van der Waals surface area contributed by atoms with Crippen molar-refractivity contribution in [3.63, 3.8) is 0 Å². The maximum absolute atomic E-state index is 12.0. The molecule has 0 saturated carbocycles. The van der Waals surface area contributed by atoms with Crippen molar-refractivity contribution < 1.29 is 24.5 Å². The number of fused-ring (bicyclic) bond motifs is 2. The van der Waals surface area contributed by atoms with Gasteiger partial charge in [0.2, 0.25) is 0 Å². The molecule has 0 aromatic rings. The van der Waals surface area contributed by atoms with Gasteiger partial charge in [0.05, 0.1) is 23.4 Å². The van der Waals surface area contributed by atoms with E-state index in [4.69, 9.17) is 9.47 Å². The van der Waals surface area contributed by atoms with Gasteiger partial charge in [0.15, 0.2) is 0 Å². The standard InChI is InChI=1S/C20H30O5/c1-12-7-5-8-19(3,23)9-6-10-20(4)15(25-20)11-14-13(2)18(22)24-17(14)16(12)21/h6,9,12,14-17,21,23H,2,5,7-8,10-11H2,1,3-4H3/b9-6-/t12-,14+,15-,16+,17-,19?,20-/m1/s1. The zero-order valence-electron chi connectivity index (χ0n) is 15.4. The average molecular weight is 350 g/mol. The Kier molecular flexibility index (Phi) is 4.86. The van der Waals surface area contributed by atoms with Crippen molar-refractivity contribution in [1.29, 1.82) is 0 Å². The number of epoxide rings is 1. The summed E-state index contributed by atoms with van der Waals surface area (Å²) in [6.45, 7) is 9.70. The van der Waals surface area contributed by atoms with E-state index in [1.807, 2.05) is 32.9 Å². The quantitative estimate of drug-likeness (QED) is 0.304. The molecule has 1 aliphatic carbocycles. The number of esters is 1. The molecule has 25 heavy (non-hydrogen) atoms. The van der Waals surface area contributed by atoms with Crippen LogP contribution in [0.4, 0.5) is 0 Å². The highest BCUT2D eigenvalue weighted by molar-refractivity contribution is 5.90. The van der Waals surface area contributed by atoms with Crippen molar-refractivity contribution in [2.45, 2.75) is 82.4 Å². The van der Waals surface area contributed by atoms with Crippen LogP contribution in [-0.4, -0.2) is 45.7 Å².